The third-order valence-corrected chi connectivity index (χ3v) is 8.02. The maximum Gasteiger partial charge on any atom is 0.340 e. The number of nitrogens with zero attached hydrogens (tertiary/aromatic N) is 3. The lowest BCUT2D eigenvalue weighted by Gasteiger charge is -2.30. The van der Waals surface area contributed by atoms with Gasteiger partial charge in [-0.2, -0.15) is 0 Å². The predicted octanol–water partition coefficient (Wildman–Crippen LogP) is 6.01. The number of amides is 1. The topological polar surface area (TPSA) is 62.7 Å². The molecule has 1 aromatic heterocycles. The maximum absolute atomic E-state index is 14.3. The first-order valence-corrected chi connectivity index (χ1v) is 13.9. The molecule has 0 fully saturated rings. The third-order valence-electron chi connectivity index (χ3n) is 8.02. The molecule has 6 heteroatoms. The molecule has 0 aliphatic carbocycles. The lowest BCUT2D eigenvalue weighted by molar-refractivity contribution is -0.126. The molecule has 0 bridgehead atoms. The molecule has 2 aliphatic rings. The zero-order valence-electron chi connectivity index (χ0n) is 22.5. The van der Waals surface area contributed by atoms with Gasteiger partial charge in [-0.3, -0.25) is 19.6 Å². The van der Waals surface area contributed by atoms with Crippen LogP contribution in [0.25, 0.3) is 10.9 Å². The van der Waals surface area contributed by atoms with Gasteiger partial charge in [0.15, 0.2) is 6.10 Å². The van der Waals surface area contributed by atoms with Crippen molar-refractivity contribution in [3.63, 3.8) is 0 Å². The van der Waals surface area contributed by atoms with Crippen molar-refractivity contribution < 1.29 is 14.3 Å². The number of hydrogen-bond acceptors (Lipinski definition) is 5. The monoisotopic (exact) mass is 519 g/mol. The molecule has 3 aromatic carbocycles. The average Bonchev–Trinajstić information content (AvgIpc) is 3.15. The van der Waals surface area contributed by atoms with Crippen LogP contribution in [0.4, 0.5) is 11.4 Å². The van der Waals surface area contributed by atoms with Crippen LogP contribution in [0.3, 0.4) is 0 Å². The van der Waals surface area contributed by atoms with E-state index in [0.29, 0.717) is 18.5 Å². The minimum Gasteiger partial charge on any atom is -0.449 e. The molecule has 39 heavy (non-hydrogen) atoms. The molecule has 1 unspecified atom stereocenters. The molecule has 198 valence electrons. The molecule has 0 saturated carbocycles. The van der Waals surface area contributed by atoms with E-state index in [2.05, 4.69) is 24.0 Å². The van der Waals surface area contributed by atoms with E-state index in [1.807, 2.05) is 67.6 Å². The van der Waals surface area contributed by atoms with Crippen molar-refractivity contribution in [2.75, 3.05) is 18.0 Å². The Hall–Kier alpha value is -4.03. The number of hydrogen-bond donors (Lipinski definition) is 0. The van der Waals surface area contributed by atoms with E-state index in [0.717, 1.165) is 77.0 Å². The molecule has 0 radical (unpaired) electrons. The van der Waals surface area contributed by atoms with E-state index in [1.165, 1.54) is 0 Å². The van der Waals surface area contributed by atoms with Gasteiger partial charge in [-0.05, 0) is 55.1 Å². The molecule has 0 saturated heterocycles. The Kier molecular flexibility index (Phi) is 6.88. The number of anilines is 2. The molecule has 0 spiro atoms. The zero-order valence-corrected chi connectivity index (χ0v) is 22.5. The summed E-state index contributed by atoms with van der Waals surface area (Å²) in [5.74, 6) is -0.686. The quantitative estimate of drug-likeness (QED) is 0.302. The Balaban J connectivity index is 1.39. The van der Waals surface area contributed by atoms with Crippen LogP contribution in [0.1, 0.15) is 53.0 Å². The summed E-state index contributed by atoms with van der Waals surface area (Å²) in [5.41, 5.74) is 7.10. The number of carbonyl (C=O) groups excluding carboxylic acids is 2. The number of pyridine rings is 1. The second-order valence-corrected chi connectivity index (χ2v) is 10.3. The van der Waals surface area contributed by atoms with Gasteiger partial charge in [0, 0.05) is 36.2 Å². The van der Waals surface area contributed by atoms with Gasteiger partial charge in [-0.15, -0.1) is 0 Å². The van der Waals surface area contributed by atoms with E-state index in [9.17, 15) is 9.59 Å². The van der Waals surface area contributed by atoms with E-state index in [4.69, 9.17) is 9.72 Å². The first-order valence-electron chi connectivity index (χ1n) is 13.9. The van der Waals surface area contributed by atoms with Crippen molar-refractivity contribution in [3.05, 3.63) is 101 Å². The van der Waals surface area contributed by atoms with Crippen LogP contribution >= 0.6 is 0 Å². The number of rotatable bonds is 5. The Bertz CT molecular complexity index is 1520. The fraction of sp³-hybridized carbons (Fsp3) is 0.303. The molecular weight excluding hydrogens is 486 g/mol. The van der Waals surface area contributed by atoms with Crippen molar-refractivity contribution in [1.29, 1.82) is 0 Å². The second-order valence-electron chi connectivity index (χ2n) is 10.3. The Morgan fingerprint density at radius 3 is 2.18 bits per heavy atom. The van der Waals surface area contributed by atoms with Gasteiger partial charge in [0.1, 0.15) is 0 Å². The number of para-hydroxylation sites is 3. The average molecular weight is 520 g/mol. The molecule has 4 aromatic rings. The van der Waals surface area contributed by atoms with Crippen LogP contribution in [0.15, 0.2) is 72.8 Å². The number of aromatic nitrogens is 1. The number of aryl methyl sites for hydroxylation is 2. The number of carbonyl (C=O) groups is 2. The minimum absolute atomic E-state index is 0.227. The Morgan fingerprint density at radius 2 is 1.51 bits per heavy atom. The lowest BCUT2D eigenvalue weighted by Crippen LogP contribution is -2.39. The van der Waals surface area contributed by atoms with Gasteiger partial charge >= 0.3 is 5.97 Å². The summed E-state index contributed by atoms with van der Waals surface area (Å²) >= 11 is 0. The van der Waals surface area contributed by atoms with Gasteiger partial charge in [0.25, 0.3) is 5.91 Å². The molecular formula is C33H33N3O3. The SMILES string of the molecule is CCC(OC(=O)c1c2c(nc3ccccc13)CCN(CC)C2)C(=O)N1c2ccccc2CCc2ccccc21. The number of esters is 1. The Morgan fingerprint density at radius 1 is 0.872 bits per heavy atom. The highest BCUT2D eigenvalue weighted by atomic mass is 16.5. The van der Waals surface area contributed by atoms with Gasteiger partial charge < -0.3 is 4.74 Å². The van der Waals surface area contributed by atoms with Gasteiger partial charge in [-0.1, -0.05) is 68.4 Å². The smallest absolute Gasteiger partial charge is 0.340 e. The maximum atomic E-state index is 14.3. The molecule has 3 heterocycles. The Labute approximate surface area is 229 Å². The van der Waals surface area contributed by atoms with E-state index >= 15 is 0 Å². The van der Waals surface area contributed by atoms with E-state index in [-0.39, 0.29) is 5.91 Å². The predicted molar refractivity (Wildman–Crippen MR) is 153 cm³/mol. The second kappa shape index (κ2) is 10.6. The summed E-state index contributed by atoms with van der Waals surface area (Å²) in [6, 6.07) is 23.7. The van der Waals surface area contributed by atoms with Crippen LogP contribution in [0.5, 0.6) is 0 Å². The van der Waals surface area contributed by atoms with Crippen LogP contribution in [0, 0.1) is 0 Å². The van der Waals surface area contributed by atoms with Crippen molar-refractivity contribution in [3.8, 4) is 0 Å². The highest BCUT2D eigenvalue weighted by molar-refractivity contribution is 6.08. The van der Waals surface area contributed by atoms with Gasteiger partial charge in [0.2, 0.25) is 0 Å². The largest absolute Gasteiger partial charge is 0.449 e. The first kappa shape index (κ1) is 25.3. The highest BCUT2D eigenvalue weighted by Gasteiger charge is 2.34. The number of benzene rings is 3. The normalized spacial score (nSPS) is 15.6. The standard InChI is InChI=1S/C33H33N3O3/c1-3-30(32(37)36-28-15-9-5-11-22(28)17-18-23-12-6-10-16-29(23)36)39-33(38)31-24-13-7-8-14-26(24)34-27-19-20-35(4-2)21-25(27)31/h5-16,30H,3-4,17-21H2,1-2H3. The molecule has 2 aliphatic heterocycles. The summed E-state index contributed by atoms with van der Waals surface area (Å²) in [7, 11) is 0. The summed E-state index contributed by atoms with van der Waals surface area (Å²) in [4.78, 5) is 37.2. The zero-order chi connectivity index (χ0) is 26.9. The molecule has 6 nitrogen and oxygen atoms in total. The van der Waals surface area contributed by atoms with Crippen molar-refractivity contribution in [2.45, 2.75) is 52.2 Å². The molecule has 0 N–H and O–H groups in total. The van der Waals surface area contributed by atoms with Gasteiger partial charge in [-0.25, -0.2) is 4.79 Å². The van der Waals surface area contributed by atoms with E-state index < -0.39 is 12.1 Å². The third kappa shape index (κ3) is 4.59. The summed E-state index contributed by atoms with van der Waals surface area (Å²) in [6.07, 6.45) is 1.92. The van der Waals surface area contributed by atoms with Crippen LogP contribution in [-0.4, -0.2) is 41.0 Å². The first-order chi connectivity index (χ1) is 19.1. The number of fused-ring (bicyclic) bond motifs is 4. The van der Waals surface area contributed by atoms with E-state index in [1.54, 1.807) is 4.90 Å². The minimum atomic E-state index is -0.926. The highest BCUT2D eigenvalue weighted by Crippen LogP contribution is 2.37. The number of ether oxygens (including phenoxy) is 1. The summed E-state index contributed by atoms with van der Waals surface area (Å²) < 4.78 is 6.14. The summed E-state index contributed by atoms with van der Waals surface area (Å²) in [5, 5.41) is 0.770. The molecule has 1 atom stereocenters. The molecule has 1 amide bonds. The van der Waals surface area contributed by atoms with Crippen LogP contribution < -0.4 is 4.90 Å². The molecule has 6 rings (SSSR count). The van der Waals surface area contributed by atoms with Crippen molar-refractivity contribution in [1.82, 2.24) is 9.88 Å². The summed E-state index contributed by atoms with van der Waals surface area (Å²) in [6.45, 7) is 6.47. The van der Waals surface area contributed by atoms with Gasteiger partial charge in [0.05, 0.1) is 22.5 Å². The lowest BCUT2D eigenvalue weighted by atomic mass is 9.95. The fourth-order valence-corrected chi connectivity index (χ4v) is 5.91. The number of likely N-dealkylation sites (N-methyl/N-ethyl adjacent to an activating group) is 1. The van der Waals surface area contributed by atoms with Crippen LogP contribution in [-0.2, 0) is 35.3 Å². The fourth-order valence-electron chi connectivity index (χ4n) is 5.91. The van der Waals surface area contributed by atoms with Crippen molar-refractivity contribution >= 4 is 34.2 Å². The van der Waals surface area contributed by atoms with Crippen LogP contribution in [0.2, 0.25) is 0 Å². The van der Waals surface area contributed by atoms with Crippen molar-refractivity contribution in [2.24, 2.45) is 0 Å².